The largest absolute Gasteiger partial charge is 0.270 e. The third-order valence-electron chi connectivity index (χ3n) is 1.20. The Balaban J connectivity index is 4.18. The van der Waals surface area contributed by atoms with Crippen LogP contribution in [-0.4, -0.2) is 0 Å². The molecule has 2 heteroatoms. The van der Waals surface area contributed by atoms with Gasteiger partial charge < -0.3 is 0 Å². The molecule has 0 fully saturated rings. The third kappa shape index (κ3) is 3.79. The molecule has 0 rings (SSSR count). The third-order valence-corrected chi connectivity index (χ3v) is 2.08. The highest BCUT2D eigenvalue weighted by molar-refractivity contribution is 7.29. The molecule has 0 amide bonds. The molecule has 0 radical (unpaired) electrons. The van der Waals surface area contributed by atoms with Gasteiger partial charge in [-0.3, -0.25) is 4.57 Å². The van der Waals surface area contributed by atoms with Crippen LogP contribution in [-0.2, 0) is 4.57 Å². The molecule has 0 N–H and O–H groups in total. The second-order valence-electron chi connectivity index (χ2n) is 3.08. The van der Waals surface area contributed by atoms with E-state index in [0.29, 0.717) is 11.8 Å². The second-order valence-corrected chi connectivity index (χ2v) is 3.78. The molecule has 0 bridgehead atoms. The highest BCUT2D eigenvalue weighted by Crippen LogP contribution is 2.22. The summed E-state index contributed by atoms with van der Waals surface area (Å²) in [5.74, 6) is 0.903. The molecule has 0 unspecified atom stereocenters. The van der Waals surface area contributed by atoms with Gasteiger partial charge >= 0.3 is 0 Å². The highest BCUT2D eigenvalue weighted by atomic mass is 31.1. The Kier molecular flexibility index (Phi) is 4.55. The minimum atomic E-state index is 0.175. The lowest BCUT2D eigenvalue weighted by atomic mass is 10.1. The van der Waals surface area contributed by atoms with Gasteiger partial charge in [0.1, 0.15) is 0 Å². The van der Waals surface area contributed by atoms with Crippen molar-refractivity contribution in [3.8, 4) is 0 Å². The van der Waals surface area contributed by atoms with Gasteiger partial charge in [-0.25, -0.2) is 0 Å². The molecule has 0 aromatic carbocycles. The predicted octanol–water partition coefficient (Wildman–Crippen LogP) is 3.47. The summed E-state index contributed by atoms with van der Waals surface area (Å²) in [5.41, 5.74) is 0. The van der Waals surface area contributed by atoms with E-state index in [1.54, 1.807) is 0 Å². The zero-order valence-electron chi connectivity index (χ0n) is 7.09. The van der Waals surface area contributed by atoms with Crippen LogP contribution >= 0.6 is 8.46 Å². The van der Waals surface area contributed by atoms with Gasteiger partial charge in [-0.15, -0.1) is 0 Å². The van der Waals surface area contributed by atoms with Crippen molar-refractivity contribution in [1.82, 2.24) is 0 Å². The first-order chi connectivity index (χ1) is 4.57. The summed E-state index contributed by atoms with van der Waals surface area (Å²) in [7, 11) is 0.175. The number of hydrogen-bond acceptors (Lipinski definition) is 1. The summed E-state index contributed by atoms with van der Waals surface area (Å²) in [6.45, 7) is 8.29. The Morgan fingerprint density at radius 3 is 1.90 bits per heavy atom. The minimum Gasteiger partial charge on any atom is -0.270 e. The molecule has 0 aromatic heterocycles. The minimum absolute atomic E-state index is 0.175. The first kappa shape index (κ1) is 9.84. The summed E-state index contributed by atoms with van der Waals surface area (Å²) < 4.78 is 10.5. The van der Waals surface area contributed by atoms with E-state index in [4.69, 9.17) is 0 Å². The van der Waals surface area contributed by atoms with Gasteiger partial charge in [-0.1, -0.05) is 33.8 Å². The van der Waals surface area contributed by atoms with Crippen LogP contribution in [0.2, 0.25) is 0 Å². The monoisotopic (exact) mass is 158 g/mol. The molecule has 0 saturated carbocycles. The molecular formula is C8H15OP. The molecule has 0 aromatic rings. The second kappa shape index (κ2) is 4.62. The normalized spacial score (nSPS) is 13.6. The Hall–Kier alpha value is -0.160. The molecule has 0 aliphatic carbocycles. The van der Waals surface area contributed by atoms with Crippen molar-refractivity contribution in [2.45, 2.75) is 27.7 Å². The average molecular weight is 158 g/mol. The van der Waals surface area contributed by atoms with E-state index >= 15 is 0 Å². The van der Waals surface area contributed by atoms with Crippen LogP contribution in [0.5, 0.6) is 0 Å². The maximum atomic E-state index is 10.5. The van der Waals surface area contributed by atoms with Crippen LogP contribution in [0.25, 0.3) is 0 Å². The van der Waals surface area contributed by atoms with E-state index in [1.165, 1.54) is 0 Å². The van der Waals surface area contributed by atoms with Crippen molar-refractivity contribution in [1.29, 1.82) is 0 Å². The Morgan fingerprint density at radius 2 is 1.80 bits per heavy atom. The van der Waals surface area contributed by atoms with Crippen LogP contribution in [0.4, 0.5) is 0 Å². The molecule has 1 nitrogen and oxygen atoms in total. The fourth-order valence-electron chi connectivity index (χ4n) is 0.670. The highest BCUT2D eigenvalue weighted by Gasteiger charge is 2.02. The fourth-order valence-corrected chi connectivity index (χ4v) is 1.24. The lowest BCUT2D eigenvalue weighted by molar-refractivity contribution is 0.597. The topological polar surface area (TPSA) is 17.1 Å². The zero-order chi connectivity index (χ0) is 8.15. The summed E-state index contributed by atoms with van der Waals surface area (Å²) in [5, 5.41) is 1.01. The van der Waals surface area contributed by atoms with E-state index in [-0.39, 0.29) is 8.46 Å². The Labute approximate surface area is 64.7 Å². The summed E-state index contributed by atoms with van der Waals surface area (Å²) >= 11 is 0. The van der Waals surface area contributed by atoms with E-state index in [9.17, 15) is 4.57 Å². The standard InChI is InChI=1S/C8H15OP/c1-6(2)5-8(10-9)7(3)4/h5-7H,1-4H3. The van der Waals surface area contributed by atoms with E-state index in [1.807, 2.05) is 0 Å². The maximum absolute atomic E-state index is 10.5. The van der Waals surface area contributed by atoms with E-state index < -0.39 is 0 Å². The summed E-state index contributed by atoms with van der Waals surface area (Å²) in [4.78, 5) is 0. The summed E-state index contributed by atoms with van der Waals surface area (Å²) in [6.07, 6.45) is 2.05. The van der Waals surface area contributed by atoms with Gasteiger partial charge in [0.25, 0.3) is 0 Å². The smallest absolute Gasteiger partial charge is 0.187 e. The summed E-state index contributed by atoms with van der Waals surface area (Å²) in [6, 6.07) is 0. The van der Waals surface area contributed by atoms with Crippen molar-refractivity contribution >= 4 is 8.46 Å². The quantitative estimate of drug-likeness (QED) is 0.575. The van der Waals surface area contributed by atoms with Crippen molar-refractivity contribution in [2.24, 2.45) is 11.8 Å². The Bertz CT molecular complexity index is 136. The van der Waals surface area contributed by atoms with Crippen molar-refractivity contribution in [3.05, 3.63) is 11.4 Å². The first-order valence-electron chi connectivity index (χ1n) is 3.63. The van der Waals surface area contributed by atoms with Gasteiger partial charge in [-0.2, -0.15) is 0 Å². The van der Waals surface area contributed by atoms with Crippen LogP contribution in [0.15, 0.2) is 11.4 Å². The molecular weight excluding hydrogens is 143 g/mol. The molecule has 0 saturated heterocycles. The van der Waals surface area contributed by atoms with E-state index in [2.05, 4.69) is 33.8 Å². The molecule has 0 aliphatic heterocycles. The molecule has 0 spiro atoms. The molecule has 58 valence electrons. The Morgan fingerprint density at radius 1 is 1.30 bits per heavy atom. The van der Waals surface area contributed by atoms with Crippen LogP contribution in [0.3, 0.4) is 0 Å². The first-order valence-corrected chi connectivity index (χ1v) is 4.44. The lowest BCUT2D eigenvalue weighted by Crippen LogP contribution is -1.89. The van der Waals surface area contributed by atoms with E-state index in [0.717, 1.165) is 5.31 Å². The SMILES string of the molecule is CC(C)C=C(P=O)C(C)C. The molecule has 0 heterocycles. The fraction of sp³-hybridized carbons (Fsp3) is 0.750. The van der Waals surface area contributed by atoms with Crippen LogP contribution in [0.1, 0.15) is 27.7 Å². The van der Waals surface area contributed by atoms with Gasteiger partial charge in [-0.05, 0) is 11.8 Å². The van der Waals surface area contributed by atoms with Crippen molar-refractivity contribution < 1.29 is 4.57 Å². The van der Waals surface area contributed by atoms with Crippen molar-refractivity contribution in [3.63, 3.8) is 0 Å². The van der Waals surface area contributed by atoms with Gasteiger partial charge in [0.2, 0.25) is 0 Å². The van der Waals surface area contributed by atoms with Crippen LogP contribution < -0.4 is 0 Å². The molecule has 0 aliphatic rings. The predicted molar refractivity (Wildman–Crippen MR) is 45.4 cm³/mol. The lowest BCUT2D eigenvalue weighted by Gasteiger charge is -2.03. The zero-order valence-corrected chi connectivity index (χ0v) is 7.98. The van der Waals surface area contributed by atoms with Crippen LogP contribution in [0, 0.1) is 11.8 Å². The van der Waals surface area contributed by atoms with Gasteiger partial charge in [0.05, 0.1) is 0 Å². The number of rotatable bonds is 3. The van der Waals surface area contributed by atoms with Crippen molar-refractivity contribution in [2.75, 3.05) is 0 Å². The average Bonchev–Trinajstić information content (AvgIpc) is 1.81. The van der Waals surface area contributed by atoms with Gasteiger partial charge in [0.15, 0.2) is 8.46 Å². The maximum Gasteiger partial charge on any atom is 0.187 e. The molecule has 0 atom stereocenters. The molecule has 10 heavy (non-hydrogen) atoms. The number of allylic oxidation sites excluding steroid dienone is 2. The van der Waals surface area contributed by atoms with Gasteiger partial charge in [0, 0.05) is 5.31 Å². The number of hydrogen-bond donors (Lipinski definition) is 0.